The maximum atomic E-state index is 12.2. The largest absolute Gasteiger partial charge is 0.490 e. The van der Waals surface area contributed by atoms with Crippen LogP contribution in [-0.2, 0) is 23.9 Å². The van der Waals surface area contributed by atoms with Crippen molar-refractivity contribution >= 4 is 23.5 Å². The Balaban J connectivity index is 0.000000396. The molecule has 2 saturated heterocycles. The van der Waals surface area contributed by atoms with Crippen LogP contribution in [0.3, 0.4) is 0 Å². The number of rotatable bonds is 3. The summed E-state index contributed by atoms with van der Waals surface area (Å²) >= 11 is 0. The SMILES string of the molecule is O=C(O)C(F)(F)F.O=C(O)CN1CCOCC2(C1)CN(c1ccccc1)C(=O)CO2. The lowest BCUT2D eigenvalue weighted by Gasteiger charge is -2.42. The van der Waals surface area contributed by atoms with Gasteiger partial charge in [-0.3, -0.25) is 14.5 Å². The van der Waals surface area contributed by atoms with Crippen molar-refractivity contribution in [3.63, 3.8) is 0 Å². The molecule has 12 heteroatoms. The predicted octanol–water partition coefficient (Wildman–Crippen LogP) is 0.839. The van der Waals surface area contributed by atoms with Crippen molar-refractivity contribution in [3.05, 3.63) is 30.3 Å². The third kappa shape index (κ3) is 6.68. The van der Waals surface area contributed by atoms with Crippen LogP contribution in [0.1, 0.15) is 0 Å². The van der Waals surface area contributed by atoms with Gasteiger partial charge in [-0.25, -0.2) is 4.79 Å². The first-order valence-corrected chi connectivity index (χ1v) is 8.84. The highest BCUT2D eigenvalue weighted by molar-refractivity contribution is 5.95. The van der Waals surface area contributed by atoms with Crippen molar-refractivity contribution in [3.8, 4) is 0 Å². The molecule has 30 heavy (non-hydrogen) atoms. The molecule has 0 saturated carbocycles. The highest BCUT2D eigenvalue weighted by Gasteiger charge is 2.43. The number of nitrogens with zero attached hydrogens (tertiary/aromatic N) is 2. The summed E-state index contributed by atoms with van der Waals surface area (Å²) in [6.07, 6.45) is -5.08. The molecular weight excluding hydrogens is 413 g/mol. The van der Waals surface area contributed by atoms with Gasteiger partial charge in [-0.1, -0.05) is 18.2 Å². The number of carbonyl (C=O) groups is 3. The van der Waals surface area contributed by atoms with Crippen LogP contribution in [0.2, 0.25) is 0 Å². The van der Waals surface area contributed by atoms with E-state index in [0.29, 0.717) is 32.8 Å². The second kappa shape index (κ2) is 9.87. The second-order valence-electron chi connectivity index (χ2n) is 6.75. The van der Waals surface area contributed by atoms with Gasteiger partial charge >= 0.3 is 18.1 Å². The molecule has 2 heterocycles. The monoisotopic (exact) mass is 434 g/mol. The molecule has 2 aliphatic rings. The molecule has 1 unspecified atom stereocenters. The Hall–Kier alpha value is -2.70. The van der Waals surface area contributed by atoms with E-state index in [0.717, 1.165) is 5.69 Å². The molecule has 0 aliphatic carbocycles. The van der Waals surface area contributed by atoms with Crippen LogP contribution in [0.5, 0.6) is 0 Å². The molecule has 0 bridgehead atoms. The van der Waals surface area contributed by atoms with Gasteiger partial charge in [0.2, 0.25) is 0 Å². The lowest BCUT2D eigenvalue weighted by molar-refractivity contribution is -0.192. The van der Waals surface area contributed by atoms with E-state index in [1.54, 1.807) is 9.80 Å². The maximum absolute atomic E-state index is 12.2. The number of carboxylic acids is 2. The van der Waals surface area contributed by atoms with Crippen LogP contribution in [0.4, 0.5) is 18.9 Å². The van der Waals surface area contributed by atoms with Gasteiger partial charge in [-0.05, 0) is 12.1 Å². The minimum atomic E-state index is -5.08. The van der Waals surface area contributed by atoms with E-state index in [1.807, 2.05) is 30.3 Å². The molecule has 1 atom stereocenters. The number of halogens is 3. The maximum Gasteiger partial charge on any atom is 0.490 e. The van der Waals surface area contributed by atoms with Crippen LogP contribution in [0.25, 0.3) is 0 Å². The van der Waals surface area contributed by atoms with Gasteiger partial charge in [-0.15, -0.1) is 0 Å². The highest BCUT2D eigenvalue weighted by Crippen LogP contribution is 2.27. The number of hydrogen-bond donors (Lipinski definition) is 2. The highest BCUT2D eigenvalue weighted by atomic mass is 19.4. The average Bonchev–Trinajstić information content (AvgIpc) is 2.86. The molecule has 1 aromatic rings. The fraction of sp³-hybridized carbons (Fsp3) is 0.500. The number of para-hydroxylation sites is 1. The van der Waals surface area contributed by atoms with E-state index in [4.69, 9.17) is 24.5 Å². The number of alkyl halides is 3. The molecule has 2 fully saturated rings. The van der Waals surface area contributed by atoms with E-state index < -0.39 is 23.7 Å². The molecule has 1 amide bonds. The Kier molecular flexibility index (Phi) is 7.76. The van der Waals surface area contributed by atoms with Crippen LogP contribution in [0.15, 0.2) is 30.3 Å². The number of amides is 1. The third-order valence-corrected chi connectivity index (χ3v) is 4.35. The molecule has 0 radical (unpaired) electrons. The standard InChI is InChI=1S/C16H20N2O5.C2HF3O2/c19-14-9-23-16(11-18(14)13-4-2-1-3-5-13)10-17(8-15(20)21)6-7-22-12-16;3-2(4,5)1(6)7/h1-5H,6-12H2,(H,20,21);(H,6,7). The lowest BCUT2D eigenvalue weighted by Crippen LogP contribution is -2.61. The van der Waals surface area contributed by atoms with E-state index in [9.17, 15) is 22.8 Å². The van der Waals surface area contributed by atoms with Crippen molar-refractivity contribution in [1.29, 1.82) is 0 Å². The van der Waals surface area contributed by atoms with E-state index in [-0.39, 0.29) is 19.1 Å². The van der Waals surface area contributed by atoms with Crippen LogP contribution in [0, 0.1) is 0 Å². The van der Waals surface area contributed by atoms with Gasteiger partial charge in [0.15, 0.2) is 0 Å². The Morgan fingerprint density at radius 1 is 1.13 bits per heavy atom. The molecule has 0 aromatic heterocycles. The minimum absolute atomic E-state index is 0.0286. The smallest absolute Gasteiger partial charge is 0.480 e. The first-order chi connectivity index (χ1) is 14.0. The normalized spacial score (nSPS) is 22.8. The fourth-order valence-electron chi connectivity index (χ4n) is 3.05. The Morgan fingerprint density at radius 3 is 2.33 bits per heavy atom. The summed E-state index contributed by atoms with van der Waals surface area (Å²) in [5, 5.41) is 16.2. The summed E-state index contributed by atoms with van der Waals surface area (Å²) in [6.45, 7) is 2.03. The van der Waals surface area contributed by atoms with Gasteiger partial charge in [-0.2, -0.15) is 13.2 Å². The second-order valence-corrected chi connectivity index (χ2v) is 6.75. The van der Waals surface area contributed by atoms with Gasteiger partial charge in [0, 0.05) is 18.8 Å². The number of hydrogen-bond acceptors (Lipinski definition) is 6. The van der Waals surface area contributed by atoms with E-state index in [1.165, 1.54) is 0 Å². The zero-order valence-corrected chi connectivity index (χ0v) is 15.8. The summed E-state index contributed by atoms with van der Waals surface area (Å²) in [4.78, 5) is 35.6. The minimum Gasteiger partial charge on any atom is -0.480 e. The molecular formula is C18H21F3N2O7. The number of benzene rings is 1. The summed E-state index contributed by atoms with van der Waals surface area (Å²) < 4.78 is 43.2. The lowest BCUT2D eigenvalue weighted by atomic mass is 10.0. The summed E-state index contributed by atoms with van der Waals surface area (Å²) in [5.41, 5.74) is 0.115. The average molecular weight is 434 g/mol. The molecule has 2 N–H and O–H groups in total. The summed E-state index contributed by atoms with van der Waals surface area (Å²) in [6, 6.07) is 9.41. The van der Waals surface area contributed by atoms with E-state index >= 15 is 0 Å². The predicted molar refractivity (Wildman–Crippen MR) is 96.1 cm³/mol. The van der Waals surface area contributed by atoms with Crippen molar-refractivity contribution in [1.82, 2.24) is 4.90 Å². The molecule has 1 spiro atoms. The quantitative estimate of drug-likeness (QED) is 0.719. The van der Waals surface area contributed by atoms with Gasteiger partial charge in [0.05, 0.1) is 26.3 Å². The summed E-state index contributed by atoms with van der Waals surface area (Å²) in [7, 11) is 0. The topological polar surface area (TPSA) is 117 Å². The molecule has 9 nitrogen and oxygen atoms in total. The number of ether oxygens (including phenoxy) is 2. The van der Waals surface area contributed by atoms with Crippen LogP contribution >= 0.6 is 0 Å². The first kappa shape index (κ1) is 23.6. The number of anilines is 1. The Labute approximate surface area is 169 Å². The number of morpholine rings is 1. The molecule has 3 rings (SSSR count). The van der Waals surface area contributed by atoms with E-state index in [2.05, 4.69) is 0 Å². The first-order valence-electron chi connectivity index (χ1n) is 8.84. The summed E-state index contributed by atoms with van der Waals surface area (Å²) in [5.74, 6) is -3.74. The van der Waals surface area contributed by atoms with Crippen LogP contribution in [-0.4, -0.2) is 90.7 Å². The fourth-order valence-corrected chi connectivity index (χ4v) is 3.05. The van der Waals surface area contributed by atoms with Gasteiger partial charge in [0.1, 0.15) is 12.2 Å². The van der Waals surface area contributed by atoms with Crippen molar-refractivity contribution in [2.75, 3.05) is 50.9 Å². The van der Waals surface area contributed by atoms with Gasteiger partial charge in [0.25, 0.3) is 5.91 Å². The van der Waals surface area contributed by atoms with Gasteiger partial charge < -0.3 is 24.6 Å². The number of aliphatic carboxylic acids is 2. The third-order valence-electron chi connectivity index (χ3n) is 4.35. The molecule has 1 aromatic carbocycles. The molecule has 166 valence electrons. The molecule has 2 aliphatic heterocycles. The zero-order chi connectivity index (χ0) is 22.4. The number of carboxylic acid groups (broad SMARTS) is 2. The van der Waals surface area contributed by atoms with Crippen LogP contribution < -0.4 is 4.90 Å². The van der Waals surface area contributed by atoms with Crippen molar-refractivity contribution < 1.29 is 47.2 Å². The Morgan fingerprint density at radius 2 is 1.77 bits per heavy atom. The Bertz CT molecular complexity index is 760. The number of carbonyl (C=O) groups excluding carboxylic acids is 1. The van der Waals surface area contributed by atoms with Crippen molar-refractivity contribution in [2.45, 2.75) is 11.8 Å². The van der Waals surface area contributed by atoms with Crippen molar-refractivity contribution in [2.24, 2.45) is 0 Å². The zero-order valence-electron chi connectivity index (χ0n) is 15.8.